The van der Waals surface area contributed by atoms with Crippen LogP contribution in [0.5, 0.6) is 0 Å². The van der Waals surface area contributed by atoms with Crippen LogP contribution < -0.4 is 5.32 Å². The van der Waals surface area contributed by atoms with E-state index in [-0.39, 0.29) is 6.04 Å². The number of aromatic nitrogens is 3. The number of nitrogens with zero attached hydrogens (tertiary/aromatic N) is 3. The predicted octanol–water partition coefficient (Wildman–Crippen LogP) is 3.29. The summed E-state index contributed by atoms with van der Waals surface area (Å²) in [6, 6.07) is 8.33. The highest BCUT2D eigenvalue weighted by molar-refractivity contribution is 5.81. The summed E-state index contributed by atoms with van der Waals surface area (Å²) in [4.78, 5) is 0. The van der Waals surface area contributed by atoms with Gasteiger partial charge in [0.1, 0.15) is 5.58 Å². The van der Waals surface area contributed by atoms with E-state index >= 15 is 0 Å². The van der Waals surface area contributed by atoms with Gasteiger partial charge in [0, 0.05) is 36.3 Å². The molecule has 3 aromatic rings. The number of rotatable bonds is 6. The monoisotopic (exact) mass is 296 g/mol. The minimum Gasteiger partial charge on any atom is -0.464 e. The molecule has 1 saturated carbocycles. The van der Waals surface area contributed by atoms with E-state index in [1.165, 1.54) is 23.8 Å². The smallest absolute Gasteiger partial charge is 0.134 e. The summed E-state index contributed by atoms with van der Waals surface area (Å²) >= 11 is 0. The first-order chi connectivity index (χ1) is 10.8. The number of fused-ring (bicyclic) bond motifs is 1. The van der Waals surface area contributed by atoms with Crippen LogP contribution in [0.1, 0.15) is 37.1 Å². The van der Waals surface area contributed by atoms with Crippen LogP contribution in [-0.4, -0.2) is 15.0 Å². The lowest BCUT2D eigenvalue weighted by atomic mass is 10.1. The van der Waals surface area contributed by atoms with Gasteiger partial charge in [0.2, 0.25) is 0 Å². The van der Waals surface area contributed by atoms with E-state index < -0.39 is 0 Å². The molecule has 2 aromatic heterocycles. The number of hydrogen-bond donors (Lipinski definition) is 1. The summed E-state index contributed by atoms with van der Waals surface area (Å²) in [5, 5.41) is 13.1. The number of benzene rings is 1. The van der Waals surface area contributed by atoms with Crippen molar-refractivity contribution in [2.75, 3.05) is 0 Å². The quantitative estimate of drug-likeness (QED) is 0.758. The van der Waals surface area contributed by atoms with E-state index in [1.807, 2.05) is 35.3 Å². The van der Waals surface area contributed by atoms with Crippen molar-refractivity contribution in [3.05, 3.63) is 48.0 Å². The molecule has 5 heteroatoms. The average Bonchev–Trinajstić information content (AvgIpc) is 3.07. The van der Waals surface area contributed by atoms with Crippen molar-refractivity contribution >= 4 is 11.0 Å². The van der Waals surface area contributed by atoms with E-state index in [0.717, 1.165) is 23.7 Å². The molecular formula is C17H20N4O. The van der Waals surface area contributed by atoms with Gasteiger partial charge in [-0.15, -0.1) is 5.10 Å². The van der Waals surface area contributed by atoms with Crippen LogP contribution >= 0.6 is 0 Å². The molecular weight excluding hydrogens is 276 g/mol. The Morgan fingerprint density at radius 3 is 3.09 bits per heavy atom. The molecule has 0 aliphatic heterocycles. The summed E-state index contributed by atoms with van der Waals surface area (Å²) in [5.41, 5.74) is 3.10. The van der Waals surface area contributed by atoms with Crippen molar-refractivity contribution < 1.29 is 4.42 Å². The Morgan fingerprint density at radius 2 is 2.23 bits per heavy atom. The van der Waals surface area contributed by atoms with Gasteiger partial charge in [-0.05, 0) is 31.7 Å². The molecule has 1 aliphatic carbocycles. The summed E-state index contributed by atoms with van der Waals surface area (Å²) in [6.45, 7) is 3.87. The molecule has 114 valence electrons. The third kappa shape index (κ3) is 2.76. The maximum atomic E-state index is 5.60. The van der Waals surface area contributed by atoms with Gasteiger partial charge in [0.25, 0.3) is 0 Å². The largest absolute Gasteiger partial charge is 0.464 e. The maximum absolute atomic E-state index is 5.60. The minimum absolute atomic E-state index is 0.206. The first kappa shape index (κ1) is 13.5. The van der Waals surface area contributed by atoms with Crippen molar-refractivity contribution in [1.82, 2.24) is 20.3 Å². The van der Waals surface area contributed by atoms with Gasteiger partial charge < -0.3 is 9.73 Å². The van der Waals surface area contributed by atoms with Crippen LogP contribution in [0.3, 0.4) is 0 Å². The Labute approximate surface area is 129 Å². The molecule has 1 fully saturated rings. The molecule has 5 nitrogen and oxygen atoms in total. The Balaban J connectivity index is 1.41. The second-order valence-corrected chi connectivity index (χ2v) is 6.17. The lowest BCUT2D eigenvalue weighted by Gasteiger charge is -2.11. The van der Waals surface area contributed by atoms with Crippen molar-refractivity contribution in [2.45, 2.75) is 38.9 Å². The molecule has 1 aromatic carbocycles. The number of furan rings is 1. The fourth-order valence-corrected chi connectivity index (χ4v) is 2.78. The lowest BCUT2D eigenvalue weighted by Crippen LogP contribution is -2.18. The summed E-state index contributed by atoms with van der Waals surface area (Å²) in [6.07, 6.45) is 6.55. The topological polar surface area (TPSA) is 55.9 Å². The molecule has 0 spiro atoms. The summed E-state index contributed by atoms with van der Waals surface area (Å²) < 4.78 is 7.57. The van der Waals surface area contributed by atoms with Crippen molar-refractivity contribution in [2.24, 2.45) is 5.92 Å². The molecule has 1 N–H and O–H groups in total. The number of hydrogen-bond acceptors (Lipinski definition) is 4. The molecule has 0 saturated heterocycles. The third-order valence-corrected chi connectivity index (χ3v) is 4.30. The fourth-order valence-electron chi connectivity index (χ4n) is 2.78. The second kappa shape index (κ2) is 5.57. The van der Waals surface area contributed by atoms with Gasteiger partial charge in [-0.2, -0.15) is 0 Å². The normalized spacial score (nSPS) is 16.2. The standard InChI is InChI=1S/C17H20N4O/c1-12(16-11-22-17-5-3-2-4-15(16)17)18-8-14-10-21(20-19-14)9-13-6-7-13/h2-5,10-13,18H,6-9H2,1H3. The predicted molar refractivity (Wildman–Crippen MR) is 84.2 cm³/mol. The summed E-state index contributed by atoms with van der Waals surface area (Å²) in [7, 11) is 0. The zero-order valence-corrected chi connectivity index (χ0v) is 12.7. The number of para-hydroxylation sites is 1. The van der Waals surface area contributed by atoms with E-state index in [9.17, 15) is 0 Å². The molecule has 0 radical (unpaired) electrons. The Hall–Kier alpha value is -2.14. The van der Waals surface area contributed by atoms with Crippen LogP contribution in [0.2, 0.25) is 0 Å². The minimum atomic E-state index is 0.206. The van der Waals surface area contributed by atoms with Crippen molar-refractivity contribution in [3.8, 4) is 0 Å². The van der Waals surface area contributed by atoms with E-state index in [2.05, 4.69) is 28.6 Å². The molecule has 1 aliphatic rings. The van der Waals surface area contributed by atoms with Crippen LogP contribution in [-0.2, 0) is 13.1 Å². The third-order valence-electron chi connectivity index (χ3n) is 4.30. The number of nitrogens with one attached hydrogen (secondary N) is 1. The fraction of sp³-hybridized carbons (Fsp3) is 0.412. The van der Waals surface area contributed by atoms with Crippen LogP contribution in [0, 0.1) is 5.92 Å². The zero-order valence-electron chi connectivity index (χ0n) is 12.7. The Kier molecular flexibility index (Phi) is 3.42. The van der Waals surface area contributed by atoms with Crippen LogP contribution in [0.15, 0.2) is 41.1 Å². The zero-order chi connectivity index (χ0) is 14.9. The average molecular weight is 296 g/mol. The Bertz CT molecular complexity index is 772. The molecule has 1 atom stereocenters. The van der Waals surface area contributed by atoms with Gasteiger partial charge in [0.05, 0.1) is 12.0 Å². The highest BCUT2D eigenvalue weighted by Crippen LogP contribution is 2.30. The van der Waals surface area contributed by atoms with E-state index in [0.29, 0.717) is 6.54 Å². The lowest BCUT2D eigenvalue weighted by molar-refractivity contribution is 0.543. The highest BCUT2D eigenvalue weighted by atomic mass is 16.3. The molecule has 0 bridgehead atoms. The summed E-state index contributed by atoms with van der Waals surface area (Å²) in [5.74, 6) is 0.818. The molecule has 0 amide bonds. The SMILES string of the molecule is CC(NCc1cn(CC2CC2)nn1)c1coc2ccccc12. The van der Waals surface area contributed by atoms with Crippen molar-refractivity contribution in [3.63, 3.8) is 0 Å². The highest BCUT2D eigenvalue weighted by Gasteiger charge is 2.22. The van der Waals surface area contributed by atoms with Crippen LogP contribution in [0.4, 0.5) is 0 Å². The first-order valence-electron chi connectivity index (χ1n) is 7.88. The molecule has 1 unspecified atom stereocenters. The van der Waals surface area contributed by atoms with Crippen molar-refractivity contribution in [1.29, 1.82) is 0 Å². The first-order valence-corrected chi connectivity index (χ1v) is 7.88. The van der Waals surface area contributed by atoms with Gasteiger partial charge >= 0.3 is 0 Å². The second-order valence-electron chi connectivity index (χ2n) is 6.17. The van der Waals surface area contributed by atoms with Gasteiger partial charge in [-0.25, -0.2) is 0 Å². The van der Waals surface area contributed by atoms with E-state index in [1.54, 1.807) is 0 Å². The van der Waals surface area contributed by atoms with E-state index in [4.69, 9.17) is 4.42 Å². The van der Waals surface area contributed by atoms with Gasteiger partial charge in [-0.1, -0.05) is 23.4 Å². The molecule has 2 heterocycles. The van der Waals surface area contributed by atoms with Crippen LogP contribution in [0.25, 0.3) is 11.0 Å². The molecule has 4 rings (SSSR count). The van der Waals surface area contributed by atoms with Gasteiger partial charge in [0.15, 0.2) is 0 Å². The Morgan fingerprint density at radius 1 is 1.36 bits per heavy atom. The molecule has 22 heavy (non-hydrogen) atoms. The maximum Gasteiger partial charge on any atom is 0.134 e. The van der Waals surface area contributed by atoms with Gasteiger partial charge in [-0.3, -0.25) is 4.68 Å².